The molecule has 0 saturated carbocycles. The molecule has 1 atom stereocenters. The van der Waals surface area contributed by atoms with Gasteiger partial charge >= 0.3 is 0 Å². The van der Waals surface area contributed by atoms with Gasteiger partial charge in [0.1, 0.15) is 11.7 Å². The van der Waals surface area contributed by atoms with E-state index >= 15 is 0 Å². The predicted molar refractivity (Wildman–Crippen MR) is 115 cm³/mol. The van der Waals surface area contributed by atoms with Crippen molar-refractivity contribution in [3.8, 4) is 11.5 Å². The number of unbranched alkanes of at least 4 members (excludes halogenated alkanes) is 1. The summed E-state index contributed by atoms with van der Waals surface area (Å²) in [6.45, 7) is 4.18. The van der Waals surface area contributed by atoms with Crippen molar-refractivity contribution in [2.45, 2.75) is 50.7 Å². The van der Waals surface area contributed by atoms with Gasteiger partial charge in [0.15, 0.2) is 11.5 Å². The summed E-state index contributed by atoms with van der Waals surface area (Å²) in [6, 6.07) is 14.7. The Kier molecular flexibility index (Phi) is 5.40. The minimum Gasteiger partial charge on any atom is -0.490 e. The standard InChI is InChI=1S/C25H29NO4/c1-2-3-11-28-23-9-8-20(22-16-25(30-26-22)10-12-27-17-25)15-24(23)29-21-13-18-6-4-5-7-19(18)14-21/h4-9,15-16,21,26H,2-3,10-14,17H2,1H3. The highest BCUT2D eigenvalue weighted by Gasteiger charge is 2.39. The van der Waals surface area contributed by atoms with Crippen molar-refractivity contribution >= 4 is 5.70 Å². The molecule has 5 nitrogen and oxygen atoms in total. The molecule has 1 spiro atoms. The van der Waals surface area contributed by atoms with Crippen LogP contribution in [0, 0.1) is 0 Å². The van der Waals surface area contributed by atoms with E-state index in [0.717, 1.165) is 61.5 Å². The molecule has 2 aliphatic heterocycles. The van der Waals surface area contributed by atoms with Gasteiger partial charge in [0.05, 0.1) is 18.9 Å². The third kappa shape index (κ3) is 3.92. The molecule has 0 radical (unpaired) electrons. The number of ether oxygens (including phenoxy) is 3. The predicted octanol–water partition coefficient (Wildman–Crippen LogP) is 4.45. The summed E-state index contributed by atoms with van der Waals surface area (Å²) in [4.78, 5) is 5.85. The first-order valence-corrected chi connectivity index (χ1v) is 11.0. The molecule has 1 N–H and O–H groups in total. The van der Waals surface area contributed by atoms with Crippen LogP contribution in [0.4, 0.5) is 0 Å². The molecule has 2 aromatic rings. The summed E-state index contributed by atoms with van der Waals surface area (Å²) in [5, 5.41) is 0. The monoisotopic (exact) mass is 407 g/mol. The largest absolute Gasteiger partial charge is 0.490 e. The minimum atomic E-state index is -0.347. The average Bonchev–Trinajstić information content (AvgIpc) is 3.49. The van der Waals surface area contributed by atoms with Gasteiger partial charge in [-0.1, -0.05) is 37.6 Å². The van der Waals surface area contributed by atoms with E-state index < -0.39 is 0 Å². The second-order valence-electron chi connectivity index (χ2n) is 8.41. The summed E-state index contributed by atoms with van der Waals surface area (Å²) >= 11 is 0. The Morgan fingerprint density at radius 2 is 1.93 bits per heavy atom. The van der Waals surface area contributed by atoms with Gasteiger partial charge in [-0.05, 0) is 41.8 Å². The molecular formula is C25H29NO4. The Balaban J connectivity index is 1.38. The molecule has 2 heterocycles. The summed E-state index contributed by atoms with van der Waals surface area (Å²) in [5.74, 6) is 1.61. The maximum absolute atomic E-state index is 6.49. The summed E-state index contributed by atoms with van der Waals surface area (Å²) in [7, 11) is 0. The van der Waals surface area contributed by atoms with Crippen LogP contribution in [0.25, 0.3) is 5.70 Å². The summed E-state index contributed by atoms with van der Waals surface area (Å²) < 4.78 is 18.1. The SMILES string of the molecule is CCCCOc1ccc(C2=CC3(CCOC3)ON2)cc1OC1Cc2ccccc2C1. The second-order valence-corrected chi connectivity index (χ2v) is 8.41. The van der Waals surface area contributed by atoms with Crippen LogP contribution in [0.3, 0.4) is 0 Å². The zero-order valence-corrected chi connectivity index (χ0v) is 17.5. The van der Waals surface area contributed by atoms with E-state index in [2.05, 4.69) is 54.9 Å². The highest BCUT2D eigenvalue weighted by molar-refractivity contribution is 5.68. The first-order chi connectivity index (χ1) is 14.7. The van der Waals surface area contributed by atoms with E-state index in [9.17, 15) is 0 Å². The maximum atomic E-state index is 6.49. The molecule has 158 valence electrons. The molecule has 3 aliphatic rings. The molecular weight excluding hydrogens is 378 g/mol. The molecule has 5 heteroatoms. The zero-order valence-electron chi connectivity index (χ0n) is 17.5. The fourth-order valence-electron chi connectivity index (χ4n) is 4.37. The van der Waals surface area contributed by atoms with Crippen LogP contribution in [-0.4, -0.2) is 31.5 Å². The van der Waals surface area contributed by atoms with Crippen molar-refractivity contribution < 1.29 is 19.0 Å². The first kappa shape index (κ1) is 19.5. The molecule has 30 heavy (non-hydrogen) atoms. The Morgan fingerprint density at radius 1 is 1.10 bits per heavy atom. The fourth-order valence-corrected chi connectivity index (χ4v) is 4.37. The topological polar surface area (TPSA) is 49.0 Å². The number of fused-ring (bicyclic) bond motifs is 1. The van der Waals surface area contributed by atoms with Crippen molar-refractivity contribution in [2.24, 2.45) is 0 Å². The van der Waals surface area contributed by atoms with Crippen LogP contribution in [0.1, 0.15) is 42.9 Å². The first-order valence-electron chi connectivity index (χ1n) is 11.0. The zero-order chi connectivity index (χ0) is 20.4. The van der Waals surface area contributed by atoms with E-state index in [1.165, 1.54) is 11.1 Å². The normalized spacial score (nSPS) is 22.8. The van der Waals surface area contributed by atoms with Crippen LogP contribution in [0.5, 0.6) is 11.5 Å². The van der Waals surface area contributed by atoms with Crippen LogP contribution < -0.4 is 15.0 Å². The highest BCUT2D eigenvalue weighted by Crippen LogP contribution is 2.37. The van der Waals surface area contributed by atoms with E-state index in [0.29, 0.717) is 13.2 Å². The molecule has 1 unspecified atom stereocenters. The quantitative estimate of drug-likeness (QED) is 0.688. The van der Waals surface area contributed by atoms with E-state index in [1.54, 1.807) is 0 Å². The number of benzene rings is 2. The third-order valence-corrected chi connectivity index (χ3v) is 6.10. The average molecular weight is 408 g/mol. The van der Waals surface area contributed by atoms with Gasteiger partial charge in [-0.2, -0.15) is 0 Å². The molecule has 1 fully saturated rings. The van der Waals surface area contributed by atoms with E-state index in [-0.39, 0.29) is 11.7 Å². The van der Waals surface area contributed by atoms with Crippen molar-refractivity contribution in [1.29, 1.82) is 0 Å². The number of rotatable bonds is 7. The maximum Gasteiger partial charge on any atom is 0.162 e. The van der Waals surface area contributed by atoms with Gasteiger partial charge in [-0.25, -0.2) is 0 Å². The van der Waals surface area contributed by atoms with Crippen LogP contribution in [-0.2, 0) is 22.4 Å². The van der Waals surface area contributed by atoms with Crippen molar-refractivity contribution in [3.63, 3.8) is 0 Å². The molecule has 0 amide bonds. The lowest BCUT2D eigenvalue weighted by Crippen LogP contribution is -2.29. The lowest BCUT2D eigenvalue weighted by Gasteiger charge is -2.18. The van der Waals surface area contributed by atoms with Crippen molar-refractivity contribution in [2.75, 3.05) is 19.8 Å². The molecule has 0 bridgehead atoms. The molecule has 0 aromatic heterocycles. The van der Waals surface area contributed by atoms with Gasteiger partial charge < -0.3 is 14.2 Å². The van der Waals surface area contributed by atoms with Gasteiger partial charge in [-0.15, -0.1) is 0 Å². The number of hydrogen-bond donors (Lipinski definition) is 1. The molecule has 2 aromatic carbocycles. The van der Waals surface area contributed by atoms with Crippen LogP contribution >= 0.6 is 0 Å². The Bertz CT molecular complexity index is 907. The highest BCUT2D eigenvalue weighted by atomic mass is 16.7. The van der Waals surface area contributed by atoms with Crippen molar-refractivity contribution in [1.82, 2.24) is 5.48 Å². The van der Waals surface area contributed by atoms with Gasteiger partial charge in [0, 0.05) is 31.4 Å². The van der Waals surface area contributed by atoms with Gasteiger partial charge in [0.2, 0.25) is 0 Å². The van der Waals surface area contributed by atoms with E-state index in [4.69, 9.17) is 19.0 Å². The second kappa shape index (κ2) is 8.32. The fraction of sp³-hybridized carbons (Fsp3) is 0.440. The molecule has 5 rings (SSSR count). The van der Waals surface area contributed by atoms with Crippen LogP contribution in [0.2, 0.25) is 0 Å². The molecule has 1 aliphatic carbocycles. The van der Waals surface area contributed by atoms with Crippen LogP contribution in [0.15, 0.2) is 48.5 Å². The number of hydrogen-bond acceptors (Lipinski definition) is 5. The Morgan fingerprint density at radius 3 is 2.67 bits per heavy atom. The summed E-state index contributed by atoms with van der Waals surface area (Å²) in [6.07, 6.45) is 7.12. The molecule has 1 saturated heterocycles. The minimum absolute atomic E-state index is 0.127. The Hall–Kier alpha value is -2.50. The van der Waals surface area contributed by atoms with Crippen molar-refractivity contribution in [3.05, 3.63) is 65.2 Å². The number of hydroxylamine groups is 1. The van der Waals surface area contributed by atoms with Gasteiger partial charge in [0.25, 0.3) is 0 Å². The number of nitrogens with one attached hydrogen (secondary N) is 1. The lowest BCUT2D eigenvalue weighted by atomic mass is 10.0. The summed E-state index contributed by atoms with van der Waals surface area (Å²) in [5.41, 5.74) is 7.50. The Labute approximate surface area is 177 Å². The third-order valence-electron chi connectivity index (χ3n) is 6.10. The van der Waals surface area contributed by atoms with Gasteiger partial charge in [-0.3, -0.25) is 10.3 Å². The lowest BCUT2D eigenvalue weighted by molar-refractivity contribution is -0.0373. The van der Waals surface area contributed by atoms with E-state index in [1.807, 2.05) is 6.07 Å². The smallest absolute Gasteiger partial charge is 0.162 e.